The molecule has 0 spiro atoms. The molecule has 2 unspecified atom stereocenters. The molecule has 0 radical (unpaired) electrons. The van der Waals surface area contributed by atoms with Crippen molar-refractivity contribution in [2.75, 3.05) is 34.4 Å². The smallest absolute Gasteiger partial charge is 0.237 e. The first kappa shape index (κ1) is 21.5. The third-order valence-corrected chi connectivity index (χ3v) is 5.98. The third-order valence-electron chi connectivity index (χ3n) is 5.75. The topological polar surface area (TPSA) is 42.0 Å². The van der Waals surface area contributed by atoms with Gasteiger partial charge in [-0.05, 0) is 62.7 Å². The zero-order valence-electron chi connectivity index (χ0n) is 17.5. The number of likely N-dealkylation sites (N-methyl/N-ethyl adjacent to an activating group) is 1. The van der Waals surface area contributed by atoms with Crippen molar-refractivity contribution < 1.29 is 14.3 Å². The SMILES string of the molecule is COc1ccc(OC)c(C2CCCN2C(=O)CN(C)C(C)c2cccc(Cl)c2)c1. The molecule has 0 N–H and O–H groups in total. The largest absolute Gasteiger partial charge is 0.497 e. The van der Waals surface area contributed by atoms with E-state index in [2.05, 4.69) is 11.8 Å². The Balaban J connectivity index is 1.75. The highest BCUT2D eigenvalue weighted by molar-refractivity contribution is 6.30. The van der Waals surface area contributed by atoms with Gasteiger partial charge in [0.1, 0.15) is 11.5 Å². The standard InChI is InChI=1S/C23H29ClN2O3/c1-16(17-7-5-8-18(24)13-17)25(2)15-23(27)26-12-6-9-21(26)20-14-19(28-3)10-11-22(20)29-4/h5,7-8,10-11,13-14,16,21H,6,9,12,15H2,1-4H3. The number of likely N-dealkylation sites (tertiary alicyclic amines) is 1. The lowest BCUT2D eigenvalue weighted by Crippen LogP contribution is -2.39. The molecule has 29 heavy (non-hydrogen) atoms. The molecule has 156 valence electrons. The molecular weight excluding hydrogens is 388 g/mol. The molecule has 1 amide bonds. The molecule has 1 saturated heterocycles. The molecule has 1 heterocycles. The fourth-order valence-electron chi connectivity index (χ4n) is 3.95. The fraction of sp³-hybridized carbons (Fsp3) is 0.435. The van der Waals surface area contributed by atoms with Crippen LogP contribution in [-0.4, -0.2) is 50.1 Å². The first-order chi connectivity index (χ1) is 13.9. The van der Waals surface area contributed by atoms with Gasteiger partial charge < -0.3 is 14.4 Å². The normalized spacial score (nSPS) is 17.4. The van der Waals surface area contributed by atoms with Gasteiger partial charge in [-0.2, -0.15) is 0 Å². The lowest BCUT2D eigenvalue weighted by Gasteiger charge is -2.30. The van der Waals surface area contributed by atoms with Crippen molar-refractivity contribution in [1.29, 1.82) is 0 Å². The highest BCUT2D eigenvalue weighted by Crippen LogP contribution is 2.39. The van der Waals surface area contributed by atoms with E-state index in [-0.39, 0.29) is 18.0 Å². The average molecular weight is 417 g/mol. The second-order valence-corrected chi connectivity index (χ2v) is 7.94. The number of halogens is 1. The van der Waals surface area contributed by atoms with Crippen molar-refractivity contribution in [2.24, 2.45) is 0 Å². The van der Waals surface area contributed by atoms with Crippen LogP contribution in [0.2, 0.25) is 5.02 Å². The van der Waals surface area contributed by atoms with Gasteiger partial charge in [0.2, 0.25) is 5.91 Å². The van der Waals surface area contributed by atoms with Crippen LogP contribution in [0.1, 0.15) is 43.0 Å². The number of carbonyl (C=O) groups excluding carboxylic acids is 1. The van der Waals surface area contributed by atoms with Crippen LogP contribution >= 0.6 is 11.6 Å². The lowest BCUT2D eigenvalue weighted by atomic mass is 10.0. The van der Waals surface area contributed by atoms with Crippen LogP contribution in [0.25, 0.3) is 0 Å². The van der Waals surface area contributed by atoms with Gasteiger partial charge in [0.05, 0.1) is 26.8 Å². The Kier molecular flexibility index (Phi) is 7.04. The second-order valence-electron chi connectivity index (χ2n) is 7.50. The van der Waals surface area contributed by atoms with E-state index in [1.807, 2.05) is 54.4 Å². The van der Waals surface area contributed by atoms with Gasteiger partial charge in [0.25, 0.3) is 0 Å². The zero-order chi connectivity index (χ0) is 21.0. The Morgan fingerprint density at radius 3 is 2.72 bits per heavy atom. The molecule has 3 rings (SSSR count). The van der Waals surface area contributed by atoms with Crippen molar-refractivity contribution in [2.45, 2.75) is 31.8 Å². The number of ether oxygens (including phenoxy) is 2. The van der Waals surface area contributed by atoms with Crippen LogP contribution in [0, 0.1) is 0 Å². The lowest BCUT2D eigenvalue weighted by molar-refractivity contribution is -0.133. The summed E-state index contributed by atoms with van der Waals surface area (Å²) in [6, 6.07) is 13.6. The summed E-state index contributed by atoms with van der Waals surface area (Å²) in [5.41, 5.74) is 2.10. The Morgan fingerprint density at radius 2 is 2.03 bits per heavy atom. The monoisotopic (exact) mass is 416 g/mol. The van der Waals surface area contributed by atoms with Gasteiger partial charge >= 0.3 is 0 Å². The summed E-state index contributed by atoms with van der Waals surface area (Å²) in [7, 11) is 5.28. The highest BCUT2D eigenvalue weighted by Gasteiger charge is 2.33. The first-order valence-corrected chi connectivity index (χ1v) is 10.3. The minimum absolute atomic E-state index is 0.00225. The molecule has 1 aliphatic rings. The summed E-state index contributed by atoms with van der Waals surface area (Å²) in [5.74, 6) is 1.68. The summed E-state index contributed by atoms with van der Waals surface area (Å²) < 4.78 is 10.9. The number of nitrogens with zero attached hydrogens (tertiary/aromatic N) is 2. The molecule has 2 atom stereocenters. The molecule has 0 saturated carbocycles. The molecule has 0 bridgehead atoms. The van der Waals surface area contributed by atoms with Crippen LogP contribution in [0.15, 0.2) is 42.5 Å². The van der Waals surface area contributed by atoms with Crippen molar-refractivity contribution in [3.63, 3.8) is 0 Å². The van der Waals surface area contributed by atoms with Crippen molar-refractivity contribution >= 4 is 17.5 Å². The number of methoxy groups -OCH3 is 2. The Hall–Kier alpha value is -2.24. The second kappa shape index (κ2) is 9.51. The predicted molar refractivity (Wildman–Crippen MR) is 116 cm³/mol. The van der Waals surface area contributed by atoms with E-state index in [1.165, 1.54) is 0 Å². The first-order valence-electron chi connectivity index (χ1n) is 9.91. The summed E-state index contributed by atoms with van der Waals surface area (Å²) in [6.45, 7) is 3.19. The summed E-state index contributed by atoms with van der Waals surface area (Å²) in [4.78, 5) is 17.2. The van der Waals surface area contributed by atoms with E-state index in [0.717, 1.165) is 42.0 Å². The van der Waals surface area contributed by atoms with E-state index in [9.17, 15) is 4.79 Å². The molecular formula is C23H29ClN2O3. The van der Waals surface area contributed by atoms with E-state index in [1.54, 1.807) is 14.2 Å². The van der Waals surface area contributed by atoms with Gasteiger partial charge in [-0.3, -0.25) is 9.69 Å². The highest BCUT2D eigenvalue weighted by atomic mass is 35.5. The fourth-order valence-corrected chi connectivity index (χ4v) is 4.15. The minimum Gasteiger partial charge on any atom is -0.497 e. The molecule has 0 aliphatic carbocycles. The number of amides is 1. The van der Waals surface area contributed by atoms with Crippen molar-refractivity contribution in [3.05, 3.63) is 58.6 Å². The van der Waals surface area contributed by atoms with Crippen LogP contribution in [0.5, 0.6) is 11.5 Å². The van der Waals surface area contributed by atoms with Crippen LogP contribution in [-0.2, 0) is 4.79 Å². The Bertz CT molecular complexity index is 858. The van der Waals surface area contributed by atoms with Crippen molar-refractivity contribution in [1.82, 2.24) is 9.80 Å². The Morgan fingerprint density at radius 1 is 1.24 bits per heavy atom. The van der Waals surface area contributed by atoms with Crippen molar-refractivity contribution in [3.8, 4) is 11.5 Å². The molecule has 5 nitrogen and oxygen atoms in total. The van der Waals surface area contributed by atoms with Gasteiger partial charge in [-0.25, -0.2) is 0 Å². The quantitative estimate of drug-likeness (QED) is 0.655. The maximum Gasteiger partial charge on any atom is 0.237 e. The summed E-state index contributed by atoms with van der Waals surface area (Å²) >= 11 is 6.13. The average Bonchev–Trinajstić information content (AvgIpc) is 3.22. The molecule has 1 fully saturated rings. The molecule has 2 aromatic carbocycles. The summed E-state index contributed by atoms with van der Waals surface area (Å²) in [5, 5.41) is 0.707. The van der Waals surface area contributed by atoms with E-state index in [4.69, 9.17) is 21.1 Å². The maximum absolute atomic E-state index is 13.2. The minimum atomic E-state index is 0.00225. The third kappa shape index (κ3) is 4.85. The maximum atomic E-state index is 13.2. The van der Waals surface area contributed by atoms with Gasteiger partial charge in [-0.15, -0.1) is 0 Å². The molecule has 0 aromatic heterocycles. The van der Waals surface area contributed by atoms with Crippen LogP contribution in [0.3, 0.4) is 0 Å². The van der Waals surface area contributed by atoms with Crippen LogP contribution < -0.4 is 9.47 Å². The Labute approximate surface area is 178 Å². The van der Waals surface area contributed by atoms with Crippen LogP contribution in [0.4, 0.5) is 0 Å². The van der Waals surface area contributed by atoms with E-state index < -0.39 is 0 Å². The number of hydrogen-bond donors (Lipinski definition) is 0. The number of hydrogen-bond acceptors (Lipinski definition) is 4. The summed E-state index contributed by atoms with van der Waals surface area (Å²) in [6.07, 6.45) is 1.90. The van der Waals surface area contributed by atoms with Gasteiger partial charge in [0, 0.05) is 23.2 Å². The molecule has 6 heteroatoms. The van der Waals surface area contributed by atoms with Gasteiger partial charge in [-0.1, -0.05) is 23.7 Å². The molecule has 2 aromatic rings. The van der Waals surface area contributed by atoms with E-state index >= 15 is 0 Å². The number of carbonyl (C=O) groups is 1. The van der Waals surface area contributed by atoms with E-state index in [0.29, 0.717) is 11.6 Å². The number of benzene rings is 2. The zero-order valence-corrected chi connectivity index (χ0v) is 18.3. The van der Waals surface area contributed by atoms with Gasteiger partial charge in [0.15, 0.2) is 0 Å². The predicted octanol–water partition coefficient (Wildman–Crippen LogP) is 4.71. The molecule has 1 aliphatic heterocycles. The number of rotatable bonds is 7.